The first kappa shape index (κ1) is 8.05. The lowest BCUT2D eigenvalue weighted by molar-refractivity contribution is 0.101. The topological polar surface area (TPSA) is 30.2 Å². The van der Waals surface area contributed by atoms with Crippen molar-refractivity contribution in [2.75, 3.05) is 0 Å². The fourth-order valence-electron chi connectivity index (χ4n) is 1.52. The number of hydrogen-bond donors (Lipinski definition) is 0. The fraction of sp³-hybridized carbons (Fsp3) is 0.182. The summed E-state index contributed by atoms with van der Waals surface area (Å²) in [6.07, 6.45) is 0. The van der Waals surface area contributed by atoms with Gasteiger partial charge in [0.1, 0.15) is 11.3 Å². The Hall–Kier alpha value is -1.57. The van der Waals surface area contributed by atoms with Gasteiger partial charge >= 0.3 is 0 Å². The van der Waals surface area contributed by atoms with Crippen molar-refractivity contribution >= 4 is 16.8 Å². The van der Waals surface area contributed by atoms with Crippen LogP contribution in [0.3, 0.4) is 0 Å². The molecule has 2 nitrogen and oxygen atoms in total. The van der Waals surface area contributed by atoms with E-state index < -0.39 is 0 Å². The molecule has 0 saturated heterocycles. The molecule has 0 fully saturated rings. The van der Waals surface area contributed by atoms with Gasteiger partial charge < -0.3 is 4.42 Å². The van der Waals surface area contributed by atoms with Crippen molar-refractivity contribution in [3.05, 3.63) is 35.6 Å². The number of Topliss-reactive ketones (excluding diaryl/α,β-unsaturated/α-hetero) is 1. The quantitative estimate of drug-likeness (QED) is 0.620. The maximum absolute atomic E-state index is 11.3. The molecule has 0 saturated carbocycles. The highest BCUT2D eigenvalue weighted by molar-refractivity contribution is 6.06. The van der Waals surface area contributed by atoms with E-state index in [2.05, 4.69) is 6.07 Å². The Morgan fingerprint density at radius 1 is 1.54 bits per heavy atom. The van der Waals surface area contributed by atoms with E-state index >= 15 is 0 Å². The highest BCUT2D eigenvalue weighted by Crippen LogP contribution is 2.24. The highest BCUT2D eigenvalue weighted by atomic mass is 16.3. The Bertz CT molecular complexity index is 466. The van der Waals surface area contributed by atoms with E-state index in [0.29, 0.717) is 11.3 Å². The largest absolute Gasteiger partial charge is 0.461 e. The van der Waals surface area contributed by atoms with Crippen LogP contribution in [-0.2, 0) is 0 Å². The molecule has 0 aliphatic rings. The predicted octanol–water partition coefficient (Wildman–Crippen LogP) is 2.74. The molecule has 1 heterocycles. The predicted molar refractivity (Wildman–Crippen MR) is 49.8 cm³/mol. The summed E-state index contributed by atoms with van der Waals surface area (Å²) >= 11 is 0. The van der Waals surface area contributed by atoms with Crippen molar-refractivity contribution in [2.45, 2.75) is 13.8 Å². The minimum absolute atomic E-state index is 0.0266. The van der Waals surface area contributed by atoms with E-state index in [0.717, 1.165) is 11.0 Å². The highest BCUT2D eigenvalue weighted by Gasteiger charge is 2.13. The number of rotatable bonds is 1. The van der Waals surface area contributed by atoms with Crippen LogP contribution in [0.4, 0.5) is 0 Å². The number of aryl methyl sites for hydroxylation is 1. The van der Waals surface area contributed by atoms with Gasteiger partial charge in [-0.1, -0.05) is 12.1 Å². The van der Waals surface area contributed by atoms with Gasteiger partial charge in [0, 0.05) is 5.39 Å². The SMILES string of the molecule is CC(=O)c1c(C)oc2ccc[c]c12. The molecule has 65 valence electrons. The van der Waals surface area contributed by atoms with Crippen LogP contribution in [0.5, 0.6) is 0 Å². The Kier molecular flexibility index (Phi) is 1.69. The molecule has 0 spiro atoms. The van der Waals surface area contributed by atoms with Crippen LogP contribution in [0.2, 0.25) is 0 Å². The van der Waals surface area contributed by atoms with Crippen LogP contribution in [-0.4, -0.2) is 5.78 Å². The summed E-state index contributed by atoms with van der Waals surface area (Å²) in [4.78, 5) is 11.3. The molecule has 2 heteroatoms. The van der Waals surface area contributed by atoms with Gasteiger partial charge in [0.25, 0.3) is 0 Å². The average molecular weight is 173 g/mol. The lowest BCUT2D eigenvalue weighted by Crippen LogP contribution is -1.91. The number of benzene rings is 1. The second kappa shape index (κ2) is 2.73. The Balaban J connectivity index is 2.86. The van der Waals surface area contributed by atoms with Crippen molar-refractivity contribution in [3.63, 3.8) is 0 Å². The molecule has 0 atom stereocenters. The third-order valence-electron chi connectivity index (χ3n) is 2.04. The summed E-state index contributed by atoms with van der Waals surface area (Å²) < 4.78 is 5.41. The van der Waals surface area contributed by atoms with Crippen LogP contribution in [0.25, 0.3) is 11.0 Å². The molecule has 0 amide bonds. The smallest absolute Gasteiger partial charge is 0.163 e. The van der Waals surface area contributed by atoms with Gasteiger partial charge in [0.2, 0.25) is 0 Å². The summed E-state index contributed by atoms with van der Waals surface area (Å²) in [7, 11) is 0. The van der Waals surface area contributed by atoms with E-state index in [1.54, 1.807) is 13.0 Å². The molecule has 2 aromatic rings. The van der Waals surface area contributed by atoms with Gasteiger partial charge in [-0.15, -0.1) is 0 Å². The fourth-order valence-corrected chi connectivity index (χ4v) is 1.52. The molecule has 2 rings (SSSR count). The second-order valence-corrected chi connectivity index (χ2v) is 3.00. The van der Waals surface area contributed by atoms with E-state index in [-0.39, 0.29) is 5.78 Å². The molecule has 0 aliphatic carbocycles. The molecule has 1 radical (unpaired) electrons. The van der Waals surface area contributed by atoms with Crippen LogP contribution < -0.4 is 0 Å². The number of carbonyl (C=O) groups is 1. The number of ketones is 1. The maximum Gasteiger partial charge on any atom is 0.163 e. The molecule has 1 aromatic carbocycles. The summed E-state index contributed by atoms with van der Waals surface area (Å²) in [5, 5.41) is 0.785. The molecular weight excluding hydrogens is 164 g/mol. The molecule has 1 aromatic heterocycles. The zero-order valence-corrected chi connectivity index (χ0v) is 7.55. The van der Waals surface area contributed by atoms with Crippen molar-refractivity contribution in [1.82, 2.24) is 0 Å². The summed E-state index contributed by atoms with van der Waals surface area (Å²) in [5.74, 6) is 0.698. The van der Waals surface area contributed by atoms with Crippen LogP contribution in [0.1, 0.15) is 23.0 Å². The summed E-state index contributed by atoms with van der Waals surface area (Å²) in [5.41, 5.74) is 1.38. The van der Waals surface area contributed by atoms with Gasteiger partial charge in [0.05, 0.1) is 5.56 Å². The molecule has 0 aliphatic heterocycles. The van der Waals surface area contributed by atoms with E-state index in [4.69, 9.17) is 4.42 Å². The van der Waals surface area contributed by atoms with E-state index in [1.807, 2.05) is 12.1 Å². The van der Waals surface area contributed by atoms with Crippen molar-refractivity contribution in [3.8, 4) is 0 Å². The zero-order valence-electron chi connectivity index (χ0n) is 7.55. The molecule has 13 heavy (non-hydrogen) atoms. The van der Waals surface area contributed by atoms with Crippen molar-refractivity contribution in [2.24, 2.45) is 0 Å². The van der Waals surface area contributed by atoms with Gasteiger partial charge in [-0.3, -0.25) is 4.79 Å². The maximum atomic E-state index is 11.3. The molecular formula is C11H9O2. The summed E-state index contributed by atoms with van der Waals surface area (Å²) in [6.45, 7) is 3.34. The number of hydrogen-bond acceptors (Lipinski definition) is 2. The second-order valence-electron chi connectivity index (χ2n) is 3.00. The van der Waals surface area contributed by atoms with Gasteiger partial charge in [-0.25, -0.2) is 0 Å². The normalized spacial score (nSPS) is 10.6. The first-order valence-corrected chi connectivity index (χ1v) is 4.11. The van der Waals surface area contributed by atoms with Crippen molar-refractivity contribution in [1.29, 1.82) is 0 Å². The lowest BCUT2D eigenvalue weighted by atomic mass is 10.1. The van der Waals surface area contributed by atoms with Gasteiger partial charge in [-0.05, 0) is 26.0 Å². The third kappa shape index (κ3) is 1.15. The zero-order chi connectivity index (χ0) is 9.42. The van der Waals surface area contributed by atoms with Crippen LogP contribution >= 0.6 is 0 Å². The Morgan fingerprint density at radius 2 is 2.31 bits per heavy atom. The molecule has 0 unspecified atom stereocenters. The number of furan rings is 1. The van der Waals surface area contributed by atoms with Gasteiger partial charge in [0.15, 0.2) is 5.78 Å². The van der Waals surface area contributed by atoms with Crippen LogP contribution in [0, 0.1) is 13.0 Å². The first-order chi connectivity index (χ1) is 6.20. The Morgan fingerprint density at radius 3 is 3.00 bits per heavy atom. The standard InChI is InChI=1S/C11H9O2/c1-7(12)11-8(2)13-10-6-4-3-5-9(10)11/h3-4,6H,1-2H3. The number of carbonyl (C=O) groups excluding carboxylic acids is 1. The molecule has 0 N–H and O–H groups in total. The summed E-state index contributed by atoms with van der Waals surface area (Å²) in [6, 6.07) is 8.47. The van der Waals surface area contributed by atoms with Crippen LogP contribution in [0.15, 0.2) is 22.6 Å². The minimum atomic E-state index is 0.0266. The van der Waals surface area contributed by atoms with E-state index in [1.165, 1.54) is 6.92 Å². The number of fused-ring (bicyclic) bond motifs is 1. The first-order valence-electron chi connectivity index (χ1n) is 4.11. The van der Waals surface area contributed by atoms with Gasteiger partial charge in [-0.2, -0.15) is 0 Å². The molecule has 0 bridgehead atoms. The Labute approximate surface area is 76.2 Å². The third-order valence-corrected chi connectivity index (χ3v) is 2.04. The average Bonchev–Trinajstić information content (AvgIpc) is 2.39. The monoisotopic (exact) mass is 173 g/mol. The lowest BCUT2D eigenvalue weighted by Gasteiger charge is -1.90. The van der Waals surface area contributed by atoms with E-state index in [9.17, 15) is 4.79 Å². The minimum Gasteiger partial charge on any atom is -0.461 e. The van der Waals surface area contributed by atoms with Crippen molar-refractivity contribution < 1.29 is 9.21 Å².